The first kappa shape index (κ1) is 11.9. The summed E-state index contributed by atoms with van der Waals surface area (Å²) in [6, 6.07) is 2.10. The second-order valence-electron chi connectivity index (χ2n) is 4.89. The van der Waals surface area contributed by atoms with E-state index in [0.717, 1.165) is 29.2 Å². The fraction of sp³-hybridized carbons (Fsp3) is 0.583. The lowest BCUT2D eigenvalue weighted by Gasteiger charge is -2.12. The van der Waals surface area contributed by atoms with E-state index in [9.17, 15) is 4.79 Å². The summed E-state index contributed by atoms with van der Waals surface area (Å²) in [5.41, 5.74) is 0. The Bertz CT molecular complexity index is 475. The molecule has 1 saturated carbocycles. The maximum atomic E-state index is 11.1. The van der Waals surface area contributed by atoms with E-state index in [0.29, 0.717) is 12.3 Å². The molecule has 2 N–H and O–H groups in total. The molecule has 1 aromatic heterocycles. The van der Waals surface area contributed by atoms with Crippen molar-refractivity contribution in [3.8, 4) is 0 Å². The number of halogens is 1. The van der Waals surface area contributed by atoms with Crippen molar-refractivity contribution in [3.05, 3.63) is 16.5 Å². The lowest BCUT2D eigenvalue weighted by Crippen LogP contribution is -2.32. The predicted molar refractivity (Wildman–Crippen MR) is 71.4 cm³/mol. The van der Waals surface area contributed by atoms with Gasteiger partial charge < -0.3 is 10.6 Å². The molecule has 6 heteroatoms. The van der Waals surface area contributed by atoms with Crippen molar-refractivity contribution in [2.24, 2.45) is 0 Å². The average molecular weight is 311 g/mol. The standard InChI is InChI=1S/C12H15BrN4O/c13-9-5-10(17-12(16-9)7-1-2-7)14-6-8-3-4-11(18)15-8/h5,7-8H,1-4,6H2,(H,15,18)(H,14,16,17). The minimum Gasteiger partial charge on any atom is -0.368 e. The lowest BCUT2D eigenvalue weighted by atomic mass is 10.2. The van der Waals surface area contributed by atoms with Crippen LogP contribution in [-0.4, -0.2) is 28.5 Å². The van der Waals surface area contributed by atoms with Gasteiger partial charge in [-0.05, 0) is 35.2 Å². The Morgan fingerprint density at radius 2 is 2.22 bits per heavy atom. The summed E-state index contributed by atoms with van der Waals surface area (Å²) in [7, 11) is 0. The van der Waals surface area contributed by atoms with Gasteiger partial charge in [-0.1, -0.05) is 0 Å². The van der Waals surface area contributed by atoms with Crippen molar-refractivity contribution in [1.29, 1.82) is 0 Å². The number of amides is 1. The molecule has 1 amide bonds. The van der Waals surface area contributed by atoms with Crippen LogP contribution >= 0.6 is 15.9 Å². The highest BCUT2D eigenvalue weighted by molar-refractivity contribution is 9.10. The first-order chi connectivity index (χ1) is 8.70. The molecule has 0 bridgehead atoms. The number of carbonyl (C=O) groups excluding carboxylic acids is 1. The topological polar surface area (TPSA) is 66.9 Å². The summed E-state index contributed by atoms with van der Waals surface area (Å²) in [6.45, 7) is 0.722. The first-order valence-electron chi connectivity index (χ1n) is 6.28. The Kier molecular flexibility index (Phi) is 3.20. The third-order valence-corrected chi connectivity index (χ3v) is 3.68. The summed E-state index contributed by atoms with van der Waals surface area (Å²) in [4.78, 5) is 20.0. The summed E-state index contributed by atoms with van der Waals surface area (Å²) >= 11 is 3.41. The number of anilines is 1. The summed E-state index contributed by atoms with van der Waals surface area (Å²) < 4.78 is 0.817. The maximum absolute atomic E-state index is 11.1. The van der Waals surface area contributed by atoms with Crippen molar-refractivity contribution < 1.29 is 4.79 Å². The molecule has 1 saturated heterocycles. The molecule has 1 atom stereocenters. The number of hydrogen-bond donors (Lipinski definition) is 2. The third kappa shape index (κ3) is 2.80. The summed E-state index contributed by atoms with van der Waals surface area (Å²) in [5.74, 6) is 2.43. The zero-order valence-corrected chi connectivity index (χ0v) is 11.5. The van der Waals surface area contributed by atoms with Crippen LogP contribution in [0.1, 0.15) is 37.4 Å². The second kappa shape index (κ2) is 4.84. The van der Waals surface area contributed by atoms with E-state index in [1.54, 1.807) is 0 Å². The van der Waals surface area contributed by atoms with Crippen molar-refractivity contribution in [3.63, 3.8) is 0 Å². The van der Waals surface area contributed by atoms with Crippen LogP contribution in [0.3, 0.4) is 0 Å². The van der Waals surface area contributed by atoms with Gasteiger partial charge >= 0.3 is 0 Å². The van der Waals surface area contributed by atoms with Crippen LogP contribution in [0.15, 0.2) is 10.7 Å². The molecule has 0 radical (unpaired) electrons. The molecular weight excluding hydrogens is 296 g/mol. The van der Waals surface area contributed by atoms with Gasteiger partial charge in [-0.15, -0.1) is 0 Å². The molecule has 96 valence electrons. The van der Waals surface area contributed by atoms with Crippen LogP contribution in [0.4, 0.5) is 5.82 Å². The van der Waals surface area contributed by atoms with Gasteiger partial charge in [0.05, 0.1) is 0 Å². The van der Waals surface area contributed by atoms with E-state index in [2.05, 4.69) is 36.5 Å². The lowest BCUT2D eigenvalue weighted by molar-refractivity contribution is -0.119. The Morgan fingerprint density at radius 3 is 2.89 bits per heavy atom. The van der Waals surface area contributed by atoms with E-state index in [-0.39, 0.29) is 11.9 Å². The molecule has 1 aliphatic heterocycles. The SMILES string of the molecule is O=C1CCC(CNc2cc(Br)nc(C3CC3)n2)N1. The second-order valence-corrected chi connectivity index (χ2v) is 5.70. The van der Waals surface area contributed by atoms with Gasteiger partial charge in [0.15, 0.2) is 0 Å². The Labute approximate surface area is 114 Å². The van der Waals surface area contributed by atoms with Crippen molar-refractivity contribution in [1.82, 2.24) is 15.3 Å². The smallest absolute Gasteiger partial charge is 0.220 e. The molecule has 1 unspecified atom stereocenters. The molecule has 2 heterocycles. The zero-order valence-electron chi connectivity index (χ0n) is 9.95. The molecule has 0 spiro atoms. The van der Waals surface area contributed by atoms with Crippen molar-refractivity contribution in [2.75, 3.05) is 11.9 Å². The molecule has 1 aliphatic carbocycles. The van der Waals surface area contributed by atoms with Crippen LogP contribution in [0.25, 0.3) is 0 Å². The van der Waals surface area contributed by atoms with Crippen molar-refractivity contribution in [2.45, 2.75) is 37.6 Å². The van der Waals surface area contributed by atoms with Gasteiger partial charge in [0.2, 0.25) is 5.91 Å². The molecule has 5 nitrogen and oxygen atoms in total. The van der Waals surface area contributed by atoms with Gasteiger partial charge in [0.25, 0.3) is 0 Å². The van der Waals surface area contributed by atoms with E-state index in [4.69, 9.17) is 0 Å². The number of hydrogen-bond acceptors (Lipinski definition) is 4. The van der Waals surface area contributed by atoms with E-state index in [1.807, 2.05) is 6.07 Å². The molecule has 2 fully saturated rings. The molecular formula is C12H15BrN4O. The van der Waals surface area contributed by atoms with Gasteiger partial charge in [0.1, 0.15) is 16.2 Å². The first-order valence-corrected chi connectivity index (χ1v) is 7.08. The normalized spacial score (nSPS) is 22.9. The highest BCUT2D eigenvalue weighted by atomic mass is 79.9. The fourth-order valence-corrected chi connectivity index (χ4v) is 2.51. The minimum absolute atomic E-state index is 0.143. The largest absolute Gasteiger partial charge is 0.368 e. The maximum Gasteiger partial charge on any atom is 0.220 e. The average Bonchev–Trinajstić information content (AvgIpc) is 3.10. The van der Waals surface area contributed by atoms with Crippen LogP contribution in [0.2, 0.25) is 0 Å². The van der Waals surface area contributed by atoms with Crippen molar-refractivity contribution >= 4 is 27.7 Å². The van der Waals surface area contributed by atoms with Crippen LogP contribution in [0, 0.1) is 0 Å². The van der Waals surface area contributed by atoms with Gasteiger partial charge in [-0.2, -0.15) is 0 Å². The third-order valence-electron chi connectivity index (χ3n) is 3.27. The van der Waals surface area contributed by atoms with Gasteiger partial charge in [-0.3, -0.25) is 4.79 Å². The van der Waals surface area contributed by atoms with E-state index in [1.165, 1.54) is 12.8 Å². The molecule has 1 aromatic rings. The van der Waals surface area contributed by atoms with Crippen LogP contribution in [-0.2, 0) is 4.79 Å². The number of nitrogens with one attached hydrogen (secondary N) is 2. The van der Waals surface area contributed by atoms with Gasteiger partial charge in [-0.25, -0.2) is 9.97 Å². The Morgan fingerprint density at radius 1 is 1.39 bits per heavy atom. The number of nitrogens with zero attached hydrogens (tertiary/aromatic N) is 2. The summed E-state index contributed by atoms with van der Waals surface area (Å²) in [5, 5.41) is 6.21. The molecule has 2 aliphatic rings. The highest BCUT2D eigenvalue weighted by Gasteiger charge is 2.27. The zero-order chi connectivity index (χ0) is 12.5. The fourth-order valence-electron chi connectivity index (χ4n) is 2.11. The van der Waals surface area contributed by atoms with Crippen LogP contribution in [0.5, 0.6) is 0 Å². The molecule has 0 aromatic carbocycles. The van der Waals surface area contributed by atoms with E-state index < -0.39 is 0 Å². The number of rotatable bonds is 4. The van der Waals surface area contributed by atoms with Gasteiger partial charge in [0, 0.05) is 31.0 Å². The number of carbonyl (C=O) groups is 1. The summed E-state index contributed by atoms with van der Waals surface area (Å²) in [6.07, 6.45) is 3.91. The van der Waals surface area contributed by atoms with E-state index >= 15 is 0 Å². The molecule has 18 heavy (non-hydrogen) atoms. The Hall–Kier alpha value is -1.17. The monoisotopic (exact) mass is 310 g/mol. The minimum atomic E-state index is 0.143. The predicted octanol–water partition coefficient (Wildman–Crippen LogP) is 1.81. The quantitative estimate of drug-likeness (QED) is 0.832. The Balaban J connectivity index is 1.63. The number of aromatic nitrogens is 2. The molecule has 3 rings (SSSR count). The highest BCUT2D eigenvalue weighted by Crippen LogP contribution is 2.38. The van der Waals surface area contributed by atoms with Crippen LogP contribution < -0.4 is 10.6 Å².